The van der Waals surface area contributed by atoms with Crippen LogP contribution in [0.5, 0.6) is 0 Å². The van der Waals surface area contributed by atoms with Crippen molar-refractivity contribution >= 4 is 6.03 Å². The first-order valence-corrected chi connectivity index (χ1v) is 9.42. The highest BCUT2D eigenvalue weighted by Gasteiger charge is 2.34. The van der Waals surface area contributed by atoms with Crippen LogP contribution in [0, 0.1) is 5.41 Å². The van der Waals surface area contributed by atoms with Gasteiger partial charge in [0.05, 0.1) is 6.10 Å². The molecule has 132 valence electrons. The predicted molar refractivity (Wildman–Crippen MR) is 95.8 cm³/mol. The van der Waals surface area contributed by atoms with E-state index in [1.54, 1.807) is 0 Å². The fraction of sp³-hybridized carbons (Fsp3) is 0.650. The van der Waals surface area contributed by atoms with E-state index in [0.717, 1.165) is 38.6 Å². The summed E-state index contributed by atoms with van der Waals surface area (Å²) in [7, 11) is 0. The minimum absolute atomic E-state index is 0.0456. The van der Waals surface area contributed by atoms with Crippen molar-refractivity contribution in [3.8, 4) is 0 Å². The average molecular weight is 330 g/mol. The zero-order valence-corrected chi connectivity index (χ0v) is 14.5. The van der Waals surface area contributed by atoms with Crippen LogP contribution < -0.4 is 10.6 Å². The van der Waals surface area contributed by atoms with E-state index in [2.05, 4.69) is 41.0 Å². The minimum Gasteiger partial charge on any atom is -0.393 e. The molecule has 0 saturated heterocycles. The third kappa shape index (κ3) is 4.73. The van der Waals surface area contributed by atoms with E-state index < -0.39 is 0 Å². The number of urea groups is 1. The number of carbonyl (C=O) groups is 1. The molecule has 0 heterocycles. The molecule has 1 aromatic carbocycles. The quantitative estimate of drug-likeness (QED) is 0.775. The van der Waals surface area contributed by atoms with Gasteiger partial charge in [0.2, 0.25) is 0 Å². The molecule has 0 spiro atoms. The van der Waals surface area contributed by atoms with E-state index in [4.69, 9.17) is 0 Å². The van der Waals surface area contributed by atoms with E-state index in [9.17, 15) is 9.90 Å². The van der Waals surface area contributed by atoms with E-state index in [0.29, 0.717) is 0 Å². The fourth-order valence-electron chi connectivity index (χ4n) is 4.29. The Morgan fingerprint density at radius 1 is 1.08 bits per heavy atom. The first-order chi connectivity index (χ1) is 11.7. The first-order valence-electron chi connectivity index (χ1n) is 9.42. The van der Waals surface area contributed by atoms with Crippen molar-refractivity contribution in [1.29, 1.82) is 0 Å². The van der Waals surface area contributed by atoms with Gasteiger partial charge in [-0.15, -0.1) is 0 Å². The average Bonchev–Trinajstić information content (AvgIpc) is 3.05. The van der Waals surface area contributed by atoms with Gasteiger partial charge in [-0.05, 0) is 55.9 Å². The molecule has 4 nitrogen and oxygen atoms in total. The molecular weight excluding hydrogens is 300 g/mol. The highest BCUT2D eigenvalue weighted by molar-refractivity contribution is 5.74. The van der Waals surface area contributed by atoms with Crippen LogP contribution in [0.4, 0.5) is 4.79 Å². The molecule has 0 bridgehead atoms. The van der Waals surface area contributed by atoms with Crippen LogP contribution in [0.15, 0.2) is 30.3 Å². The molecule has 4 heteroatoms. The van der Waals surface area contributed by atoms with Crippen molar-refractivity contribution in [2.75, 3.05) is 6.54 Å². The van der Waals surface area contributed by atoms with Crippen LogP contribution in [0.2, 0.25) is 0 Å². The zero-order chi connectivity index (χ0) is 16.8. The first kappa shape index (κ1) is 17.3. The standard InChI is InChI=1S/C20H30N2O2/c23-18-10-8-17(9-11-18)22-19(24)21-15-20(12-4-5-13-20)14-16-6-2-1-3-7-16/h1-3,6-7,17-18,23H,4-5,8-15H2,(H2,21,22,24). The minimum atomic E-state index is -0.182. The Balaban J connectivity index is 1.50. The predicted octanol–water partition coefficient (Wildman–Crippen LogP) is 3.39. The third-order valence-corrected chi connectivity index (χ3v) is 5.74. The van der Waals surface area contributed by atoms with Gasteiger partial charge in [0.1, 0.15) is 0 Å². The van der Waals surface area contributed by atoms with Gasteiger partial charge in [-0.25, -0.2) is 4.79 Å². The monoisotopic (exact) mass is 330 g/mol. The molecule has 1 aromatic rings. The highest BCUT2D eigenvalue weighted by atomic mass is 16.3. The molecule has 2 aliphatic rings. The second kappa shape index (κ2) is 8.02. The Hall–Kier alpha value is -1.55. The summed E-state index contributed by atoms with van der Waals surface area (Å²) >= 11 is 0. The van der Waals surface area contributed by atoms with Crippen LogP contribution in [0.25, 0.3) is 0 Å². The van der Waals surface area contributed by atoms with E-state index in [1.165, 1.54) is 31.2 Å². The normalized spacial score (nSPS) is 26.0. The highest BCUT2D eigenvalue weighted by Crippen LogP contribution is 2.40. The molecule has 0 aliphatic heterocycles. The molecular formula is C20H30N2O2. The van der Waals surface area contributed by atoms with E-state index in [-0.39, 0.29) is 23.6 Å². The summed E-state index contributed by atoms with van der Waals surface area (Å²) in [6.45, 7) is 0.753. The maximum absolute atomic E-state index is 12.3. The van der Waals surface area contributed by atoms with Gasteiger partial charge in [0, 0.05) is 12.6 Å². The Bertz CT molecular complexity index is 518. The number of hydrogen-bond donors (Lipinski definition) is 3. The SMILES string of the molecule is O=C(NCC1(Cc2ccccc2)CCCC1)NC1CCC(O)CC1. The summed E-state index contributed by atoms with van der Waals surface area (Å²) in [5, 5.41) is 15.8. The third-order valence-electron chi connectivity index (χ3n) is 5.74. The lowest BCUT2D eigenvalue weighted by molar-refractivity contribution is 0.117. The smallest absolute Gasteiger partial charge is 0.315 e. The van der Waals surface area contributed by atoms with Crippen LogP contribution in [0.1, 0.15) is 56.9 Å². The Morgan fingerprint density at radius 2 is 1.75 bits per heavy atom. The van der Waals surface area contributed by atoms with Crippen molar-refractivity contribution in [2.24, 2.45) is 5.41 Å². The van der Waals surface area contributed by atoms with Gasteiger partial charge in [0.15, 0.2) is 0 Å². The lowest BCUT2D eigenvalue weighted by Crippen LogP contribution is -2.47. The molecule has 0 aromatic heterocycles. The van der Waals surface area contributed by atoms with Crippen LogP contribution in [-0.4, -0.2) is 29.8 Å². The number of rotatable bonds is 5. The molecule has 2 amide bonds. The summed E-state index contributed by atoms with van der Waals surface area (Å²) in [4.78, 5) is 12.3. The number of nitrogens with one attached hydrogen (secondary N) is 2. The van der Waals surface area contributed by atoms with Crippen LogP contribution >= 0.6 is 0 Å². The number of aliphatic hydroxyl groups excluding tert-OH is 1. The Kier molecular flexibility index (Phi) is 5.77. The lowest BCUT2D eigenvalue weighted by atomic mass is 9.80. The fourth-order valence-corrected chi connectivity index (χ4v) is 4.29. The largest absolute Gasteiger partial charge is 0.393 e. The van der Waals surface area contributed by atoms with Crippen LogP contribution in [0.3, 0.4) is 0 Å². The molecule has 2 saturated carbocycles. The summed E-state index contributed by atoms with van der Waals surface area (Å²) in [5.41, 5.74) is 1.57. The summed E-state index contributed by atoms with van der Waals surface area (Å²) in [5.74, 6) is 0. The maximum atomic E-state index is 12.3. The van der Waals surface area contributed by atoms with Gasteiger partial charge in [-0.2, -0.15) is 0 Å². The van der Waals surface area contributed by atoms with E-state index >= 15 is 0 Å². The van der Waals surface area contributed by atoms with Crippen molar-refractivity contribution in [3.05, 3.63) is 35.9 Å². The number of benzene rings is 1. The topological polar surface area (TPSA) is 61.4 Å². The second-order valence-electron chi connectivity index (χ2n) is 7.70. The number of hydrogen-bond acceptors (Lipinski definition) is 2. The summed E-state index contributed by atoms with van der Waals surface area (Å²) in [6.07, 6.45) is 9.12. The van der Waals surface area contributed by atoms with Crippen molar-refractivity contribution < 1.29 is 9.90 Å². The van der Waals surface area contributed by atoms with Gasteiger partial charge in [-0.1, -0.05) is 43.2 Å². The molecule has 3 rings (SSSR count). The van der Waals surface area contributed by atoms with E-state index in [1.807, 2.05) is 0 Å². The van der Waals surface area contributed by atoms with Gasteiger partial charge < -0.3 is 15.7 Å². The van der Waals surface area contributed by atoms with Crippen LogP contribution in [-0.2, 0) is 6.42 Å². The molecule has 2 aliphatic carbocycles. The molecule has 24 heavy (non-hydrogen) atoms. The van der Waals surface area contributed by atoms with Gasteiger partial charge in [-0.3, -0.25) is 0 Å². The van der Waals surface area contributed by atoms with Crippen molar-refractivity contribution in [2.45, 2.75) is 69.9 Å². The molecule has 0 unspecified atom stereocenters. The van der Waals surface area contributed by atoms with Crippen molar-refractivity contribution in [3.63, 3.8) is 0 Å². The number of carbonyl (C=O) groups excluding carboxylic acids is 1. The number of amides is 2. The zero-order valence-electron chi connectivity index (χ0n) is 14.5. The van der Waals surface area contributed by atoms with Gasteiger partial charge in [0.25, 0.3) is 0 Å². The Labute approximate surface area is 145 Å². The maximum Gasteiger partial charge on any atom is 0.315 e. The molecule has 3 N–H and O–H groups in total. The molecule has 0 atom stereocenters. The Morgan fingerprint density at radius 3 is 2.42 bits per heavy atom. The summed E-state index contributed by atoms with van der Waals surface area (Å²) < 4.78 is 0. The van der Waals surface area contributed by atoms with Crippen molar-refractivity contribution in [1.82, 2.24) is 10.6 Å². The second-order valence-corrected chi connectivity index (χ2v) is 7.70. The summed E-state index contributed by atoms with van der Waals surface area (Å²) in [6, 6.07) is 10.8. The molecule has 2 fully saturated rings. The van der Waals surface area contributed by atoms with Gasteiger partial charge >= 0.3 is 6.03 Å². The lowest BCUT2D eigenvalue weighted by Gasteiger charge is -2.31. The molecule has 0 radical (unpaired) electrons. The number of aliphatic hydroxyl groups is 1.